The standard InChI is InChI=1S/C15H27N3O/c19-15(18-8-2-1-3-9-18)4-7-16-14-6-11-17-10-5-13(14)12-17/h13-14,16H,1-12H2. The monoisotopic (exact) mass is 265 g/mol. The highest BCUT2D eigenvalue weighted by Gasteiger charge is 2.33. The second-order valence-corrected chi connectivity index (χ2v) is 6.39. The van der Waals surface area contributed by atoms with Gasteiger partial charge in [-0.1, -0.05) is 0 Å². The van der Waals surface area contributed by atoms with E-state index in [1.165, 1.54) is 51.7 Å². The number of likely N-dealkylation sites (tertiary alicyclic amines) is 1. The van der Waals surface area contributed by atoms with Gasteiger partial charge in [-0.05, 0) is 51.1 Å². The van der Waals surface area contributed by atoms with E-state index in [1.807, 2.05) is 0 Å². The van der Waals surface area contributed by atoms with E-state index < -0.39 is 0 Å². The molecule has 3 aliphatic rings. The van der Waals surface area contributed by atoms with Crippen LogP contribution in [0, 0.1) is 5.92 Å². The van der Waals surface area contributed by atoms with Crippen molar-refractivity contribution in [2.45, 2.75) is 44.6 Å². The molecule has 3 rings (SSSR count). The first kappa shape index (κ1) is 13.4. The summed E-state index contributed by atoms with van der Waals surface area (Å²) in [5, 5.41) is 3.65. The second kappa shape index (κ2) is 6.23. The molecule has 3 heterocycles. The Hall–Kier alpha value is -0.610. The largest absolute Gasteiger partial charge is 0.343 e. The summed E-state index contributed by atoms with van der Waals surface area (Å²) in [6.45, 7) is 6.65. The van der Waals surface area contributed by atoms with Crippen molar-refractivity contribution in [2.75, 3.05) is 39.3 Å². The van der Waals surface area contributed by atoms with Crippen molar-refractivity contribution >= 4 is 5.91 Å². The Labute approximate surface area is 116 Å². The number of nitrogens with zero attached hydrogens (tertiary/aromatic N) is 2. The minimum absolute atomic E-state index is 0.357. The van der Waals surface area contributed by atoms with Crippen molar-refractivity contribution in [1.29, 1.82) is 0 Å². The Morgan fingerprint density at radius 1 is 1.05 bits per heavy atom. The van der Waals surface area contributed by atoms with Crippen molar-refractivity contribution in [1.82, 2.24) is 15.1 Å². The zero-order valence-corrected chi connectivity index (χ0v) is 11.9. The molecule has 3 saturated heterocycles. The van der Waals surface area contributed by atoms with E-state index in [4.69, 9.17) is 0 Å². The number of piperidine rings is 2. The predicted octanol–water partition coefficient (Wildman–Crippen LogP) is 1.07. The molecule has 1 amide bonds. The van der Waals surface area contributed by atoms with Crippen molar-refractivity contribution in [3.05, 3.63) is 0 Å². The van der Waals surface area contributed by atoms with Gasteiger partial charge in [-0.3, -0.25) is 4.79 Å². The van der Waals surface area contributed by atoms with Gasteiger partial charge in [-0.15, -0.1) is 0 Å². The maximum Gasteiger partial charge on any atom is 0.223 e. The molecule has 0 spiro atoms. The highest BCUT2D eigenvalue weighted by Crippen LogP contribution is 2.26. The molecule has 1 N–H and O–H groups in total. The van der Waals surface area contributed by atoms with Crippen LogP contribution in [0.1, 0.15) is 38.5 Å². The van der Waals surface area contributed by atoms with Crippen LogP contribution in [0.3, 0.4) is 0 Å². The zero-order valence-electron chi connectivity index (χ0n) is 11.9. The van der Waals surface area contributed by atoms with Crippen LogP contribution in [0.4, 0.5) is 0 Å². The van der Waals surface area contributed by atoms with E-state index in [-0.39, 0.29) is 0 Å². The number of carbonyl (C=O) groups is 1. The molecule has 2 bridgehead atoms. The molecule has 19 heavy (non-hydrogen) atoms. The van der Waals surface area contributed by atoms with Crippen LogP contribution in [0.25, 0.3) is 0 Å². The van der Waals surface area contributed by atoms with Crippen molar-refractivity contribution in [3.63, 3.8) is 0 Å². The van der Waals surface area contributed by atoms with Crippen LogP contribution in [0.2, 0.25) is 0 Å². The Kier molecular flexibility index (Phi) is 4.38. The van der Waals surface area contributed by atoms with Gasteiger partial charge >= 0.3 is 0 Å². The highest BCUT2D eigenvalue weighted by molar-refractivity contribution is 5.76. The topological polar surface area (TPSA) is 35.6 Å². The van der Waals surface area contributed by atoms with Crippen LogP contribution in [-0.2, 0) is 4.79 Å². The SMILES string of the molecule is O=C(CCNC1CCN2CCC1C2)N1CCCCC1. The van der Waals surface area contributed by atoms with Gasteiger partial charge < -0.3 is 15.1 Å². The van der Waals surface area contributed by atoms with Crippen LogP contribution in [-0.4, -0.2) is 61.0 Å². The third-order valence-electron chi connectivity index (χ3n) is 5.09. The summed E-state index contributed by atoms with van der Waals surface area (Å²) in [6.07, 6.45) is 6.98. The molecule has 108 valence electrons. The van der Waals surface area contributed by atoms with E-state index in [0.717, 1.165) is 25.6 Å². The lowest BCUT2D eigenvalue weighted by Crippen LogP contribution is -2.45. The third kappa shape index (κ3) is 3.29. The first-order valence-electron chi connectivity index (χ1n) is 8.06. The van der Waals surface area contributed by atoms with Crippen molar-refractivity contribution in [2.24, 2.45) is 5.92 Å². The highest BCUT2D eigenvalue weighted by atomic mass is 16.2. The zero-order chi connectivity index (χ0) is 13.1. The van der Waals surface area contributed by atoms with Crippen LogP contribution < -0.4 is 5.32 Å². The lowest BCUT2D eigenvalue weighted by Gasteiger charge is -2.31. The van der Waals surface area contributed by atoms with E-state index in [2.05, 4.69) is 15.1 Å². The Morgan fingerprint density at radius 2 is 1.84 bits per heavy atom. The summed E-state index contributed by atoms with van der Waals surface area (Å²) in [7, 11) is 0. The predicted molar refractivity (Wildman–Crippen MR) is 76.0 cm³/mol. The number of amides is 1. The smallest absolute Gasteiger partial charge is 0.223 e. The molecule has 3 fully saturated rings. The number of rotatable bonds is 4. The number of hydrogen-bond donors (Lipinski definition) is 1. The van der Waals surface area contributed by atoms with Gasteiger partial charge in [0.25, 0.3) is 0 Å². The normalized spacial score (nSPS) is 34.5. The van der Waals surface area contributed by atoms with Crippen LogP contribution >= 0.6 is 0 Å². The number of carbonyl (C=O) groups excluding carboxylic acids is 1. The van der Waals surface area contributed by atoms with Crippen molar-refractivity contribution < 1.29 is 4.79 Å². The molecule has 4 heteroatoms. The fraction of sp³-hybridized carbons (Fsp3) is 0.933. The Balaban J connectivity index is 1.37. The fourth-order valence-corrected chi connectivity index (χ4v) is 3.89. The molecular weight excluding hydrogens is 238 g/mol. The lowest BCUT2D eigenvalue weighted by molar-refractivity contribution is -0.132. The van der Waals surface area contributed by atoms with Gasteiger partial charge in [-0.2, -0.15) is 0 Å². The molecule has 0 aromatic carbocycles. The van der Waals surface area contributed by atoms with E-state index in [0.29, 0.717) is 18.4 Å². The van der Waals surface area contributed by atoms with E-state index >= 15 is 0 Å². The quantitative estimate of drug-likeness (QED) is 0.826. The third-order valence-corrected chi connectivity index (χ3v) is 5.09. The van der Waals surface area contributed by atoms with Gasteiger partial charge in [0.2, 0.25) is 5.91 Å². The minimum Gasteiger partial charge on any atom is -0.343 e. The van der Waals surface area contributed by atoms with Gasteiger partial charge in [0.1, 0.15) is 0 Å². The van der Waals surface area contributed by atoms with E-state index in [9.17, 15) is 4.79 Å². The first-order chi connectivity index (χ1) is 9.33. The van der Waals surface area contributed by atoms with Gasteiger partial charge in [0, 0.05) is 38.6 Å². The summed E-state index contributed by atoms with van der Waals surface area (Å²) in [5.74, 6) is 1.19. The number of hydrogen-bond acceptors (Lipinski definition) is 3. The van der Waals surface area contributed by atoms with Gasteiger partial charge in [0.05, 0.1) is 0 Å². The molecule has 3 aliphatic heterocycles. The lowest BCUT2D eigenvalue weighted by atomic mass is 9.94. The fourth-order valence-electron chi connectivity index (χ4n) is 3.89. The summed E-state index contributed by atoms with van der Waals surface area (Å²) in [5.41, 5.74) is 0. The molecule has 3 atom stereocenters. The average molecular weight is 265 g/mol. The van der Waals surface area contributed by atoms with Gasteiger partial charge in [0.15, 0.2) is 0 Å². The summed E-state index contributed by atoms with van der Waals surface area (Å²) in [6, 6.07) is 0.660. The van der Waals surface area contributed by atoms with Crippen LogP contribution in [0.15, 0.2) is 0 Å². The van der Waals surface area contributed by atoms with Crippen molar-refractivity contribution in [3.8, 4) is 0 Å². The Bertz CT molecular complexity index is 315. The van der Waals surface area contributed by atoms with Gasteiger partial charge in [-0.25, -0.2) is 0 Å². The minimum atomic E-state index is 0.357. The molecular formula is C15H27N3O. The molecule has 0 aliphatic carbocycles. The summed E-state index contributed by atoms with van der Waals surface area (Å²) < 4.78 is 0. The van der Waals surface area contributed by atoms with Crippen LogP contribution in [0.5, 0.6) is 0 Å². The maximum absolute atomic E-state index is 12.1. The molecule has 0 radical (unpaired) electrons. The summed E-state index contributed by atoms with van der Waals surface area (Å²) in [4.78, 5) is 16.7. The van der Waals surface area contributed by atoms with E-state index in [1.54, 1.807) is 0 Å². The number of fused-ring (bicyclic) bond motifs is 2. The average Bonchev–Trinajstić information content (AvgIpc) is 2.85. The Morgan fingerprint density at radius 3 is 2.68 bits per heavy atom. The summed E-state index contributed by atoms with van der Waals surface area (Å²) >= 11 is 0. The number of nitrogens with one attached hydrogen (secondary N) is 1. The molecule has 0 aromatic rings. The molecule has 3 unspecified atom stereocenters. The molecule has 0 saturated carbocycles. The maximum atomic E-state index is 12.1. The molecule has 4 nitrogen and oxygen atoms in total. The second-order valence-electron chi connectivity index (χ2n) is 6.39. The first-order valence-corrected chi connectivity index (χ1v) is 8.06. The molecule has 0 aromatic heterocycles.